The lowest BCUT2D eigenvalue weighted by Crippen LogP contribution is -2.36. The number of benzene rings is 1. The summed E-state index contributed by atoms with van der Waals surface area (Å²) in [6, 6.07) is 8.99. The van der Waals surface area contributed by atoms with Crippen molar-refractivity contribution in [2.75, 3.05) is 6.54 Å². The van der Waals surface area contributed by atoms with Crippen LogP contribution in [0.15, 0.2) is 45.9 Å². The lowest BCUT2D eigenvalue weighted by atomic mass is 10.1. The molecule has 2 heterocycles. The lowest BCUT2D eigenvalue weighted by molar-refractivity contribution is -0.122. The molecule has 3 rings (SSSR count). The Balaban J connectivity index is 1.72. The third kappa shape index (κ3) is 3.37. The Morgan fingerprint density at radius 3 is 2.79 bits per heavy atom. The van der Waals surface area contributed by atoms with Crippen molar-refractivity contribution in [2.24, 2.45) is 0 Å². The molecular formula is C17H17N3O3S. The third-order valence-electron chi connectivity index (χ3n) is 3.77. The number of aliphatic hydroxyl groups excluding tert-OH is 1. The number of aliphatic hydroxyl groups is 1. The largest absolute Gasteiger partial charge is 0.387 e. The van der Waals surface area contributed by atoms with Crippen LogP contribution in [0.5, 0.6) is 0 Å². The van der Waals surface area contributed by atoms with Gasteiger partial charge in [-0.15, -0.1) is 0 Å². The molecule has 6 nitrogen and oxygen atoms in total. The molecule has 1 aromatic carbocycles. The molecule has 0 spiro atoms. The van der Waals surface area contributed by atoms with E-state index in [2.05, 4.69) is 10.4 Å². The first kappa shape index (κ1) is 16.4. The second-order valence-corrected chi connectivity index (χ2v) is 6.25. The van der Waals surface area contributed by atoms with Crippen LogP contribution in [0, 0.1) is 6.92 Å². The minimum atomic E-state index is -0.761. The van der Waals surface area contributed by atoms with E-state index in [-0.39, 0.29) is 24.6 Å². The number of fused-ring (bicyclic) bond motifs is 1. The monoisotopic (exact) mass is 343 g/mol. The minimum Gasteiger partial charge on any atom is -0.387 e. The van der Waals surface area contributed by atoms with Crippen LogP contribution in [0.25, 0.3) is 10.8 Å². The maximum Gasteiger partial charge on any atom is 0.275 e. The number of nitrogens with one attached hydrogen (secondary N) is 1. The van der Waals surface area contributed by atoms with Crippen molar-refractivity contribution in [1.29, 1.82) is 0 Å². The summed E-state index contributed by atoms with van der Waals surface area (Å²) in [5, 5.41) is 21.8. The Morgan fingerprint density at radius 2 is 2.08 bits per heavy atom. The topological polar surface area (TPSA) is 84.2 Å². The fraction of sp³-hybridized carbons (Fsp3) is 0.235. The summed E-state index contributed by atoms with van der Waals surface area (Å²) in [6.07, 6.45) is -0.761. The van der Waals surface area contributed by atoms with Gasteiger partial charge in [0.1, 0.15) is 6.54 Å². The van der Waals surface area contributed by atoms with Crippen molar-refractivity contribution in [1.82, 2.24) is 15.1 Å². The zero-order valence-corrected chi connectivity index (χ0v) is 13.9. The molecule has 1 amide bonds. The van der Waals surface area contributed by atoms with E-state index >= 15 is 0 Å². The maximum atomic E-state index is 12.4. The molecule has 1 unspecified atom stereocenters. The SMILES string of the molecule is Cc1nn(CC(=O)NCC(O)c2ccsc2)c(=O)c2ccccc12. The molecule has 0 saturated carbocycles. The number of hydrogen-bond donors (Lipinski definition) is 2. The van der Waals surface area contributed by atoms with Crippen molar-refractivity contribution in [2.45, 2.75) is 19.6 Å². The summed E-state index contributed by atoms with van der Waals surface area (Å²) in [6.45, 7) is 1.72. The number of amides is 1. The van der Waals surface area contributed by atoms with Gasteiger partial charge >= 0.3 is 0 Å². The van der Waals surface area contributed by atoms with E-state index in [0.29, 0.717) is 11.1 Å². The van der Waals surface area contributed by atoms with Gasteiger partial charge in [-0.05, 0) is 35.4 Å². The highest BCUT2D eigenvalue weighted by Gasteiger charge is 2.13. The van der Waals surface area contributed by atoms with Crippen LogP contribution in [0.2, 0.25) is 0 Å². The van der Waals surface area contributed by atoms with Crippen molar-refractivity contribution in [3.63, 3.8) is 0 Å². The standard InChI is InChI=1S/C17H17N3O3S/c1-11-13-4-2-3-5-14(13)17(23)20(19-11)9-16(22)18-8-15(21)12-6-7-24-10-12/h2-7,10,15,21H,8-9H2,1H3,(H,18,22). The van der Waals surface area contributed by atoms with Crippen LogP contribution in [0.4, 0.5) is 0 Å². The molecule has 0 aliphatic heterocycles. The molecule has 0 aliphatic carbocycles. The second kappa shape index (κ2) is 6.94. The van der Waals surface area contributed by atoms with Crippen LogP contribution >= 0.6 is 11.3 Å². The fourth-order valence-corrected chi connectivity index (χ4v) is 3.20. The van der Waals surface area contributed by atoms with Crippen LogP contribution in [0.1, 0.15) is 17.4 Å². The second-order valence-electron chi connectivity index (χ2n) is 5.47. The molecule has 1 atom stereocenters. The Morgan fingerprint density at radius 1 is 1.33 bits per heavy atom. The minimum absolute atomic E-state index is 0.0941. The van der Waals surface area contributed by atoms with Gasteiger partial charge in [-0.25, -0.2) is 4.68 Å². The summed E-state index contributed by atoms with van der Waals surface area (Å²) < 4.78 is 1.16. The highest BCUT2D eigenvalue weighted by atomic mass is 32.1. The molecule has 0 fully saturated rings. The van der Waals surface area contributed by atoms with E-state index in [1.54, 1.807) is 25.1 Å². The summed E-state index contributed by atoms with van der Waals surface area (Å²) in [5.74, 6) is -0.367. The van der Waals surface area contributed by atoms with E-state index in [0.717, 1.165) is 15.6 Å². The maximum absolute atomic E-state index is 12.4. The Hall–Kier alpha value is -2.51. The first-order valence-electron chi connectivity index (χ1n) is 7.49. The van der Waals surface area contributed by atoms with E-state index in [1.807, 2.05) is 22.9 Å². The molecule has 3 aromatic rings. The Kier molecular flexibility index (Phi) is 4.73. The predicted octanol–water partition coefficient (Wildman–Crippen LogP) is 1.62. The fourth-order valence-electron chi connectivity index (χ4n) is 2.50. The van der Waals surface area contributed by atoms with E-state index in [9.17, 15) is 14.7 Å². The predicted molar refractivity (Wildman–Crippen MR) is 93.0 cm³/mol. The summed E-state index contributed by atoms with van der Waals surface area (Å²) in [5.41, 5.74) is 1.15. The number of thiophene rings is 1. The molecule has 0 saturated heterocycles. The first-order valence-corrected chi connectivity index (χ1v) is 8.44. The van der Waals surface area contributed by atoms with Crippen LogP contribution in [-0.2, 0) is 11.3 Å². The Bertz CT molecular complexity index is 918. The van der Waals surface area contributed by atoms with Gasteiger partial charge < -0.3 is 10.4 Å². The number of carbonyl (C=O) groups excluding carboxylic acids is 1. The molecule has 0 aliphatic rings. The number of carbonyl (C=O) groups is 1. The van der Waals surface area contributed by atoms with Crippen LogP contribution in [-0.4, -0.2) is 27.3 Å². The van der Waals surface area contributed by atoms with Gasteiger partial charge in [0.05, 0.1) is 17.2 Å². The summed E-state index contributed by atoms with van der Waals surface area (Å²) >= 11 is 1.48. The third-order valence-corrected chi connectivity index (χ3v) is 4.47. The van der Waals surface area contributed by atoms with Gasteiger partial charge in [0, 0.05) is 11.9 Å². The first-order chi connectivity index (χ1) is 11.6. The number of aryl methyl sites for hydroxylation is 1. The molecule has 7 heteroatoms. The normalized spacial score (nSPS) is 12.2. The van der Waals surface area contributed by atoms with Gasteiger partial charge in [0.2, 0.25) is 5.91 Å². The molecule has 2 aromatic heterocycles. The highest BCUT2D eigenvalue weighted by molar-refractivity contribution is 7.07. The smallest absolute Gasteiger partial charge is 0.275 e. The molecule has 24 heavy (non-hydrogen) atoms. The van der Waals surface area contributed by atoms with E-state index < -0.39 is 6.10 Å². The van der Waals surface area contributed by atoms with Crippen molar-refractivity contribution in [3.8, 4) is 0 Å². The zero-order valence-electron chi connectivity index (χ0n) is 13.1. The quantitative estimate of drug-likeness (QED) is 0.737. The number of rotatable bonds is 5. The highest BCUT2D eigenvalue weighted by Crippen LogP contribution is 2.15. The molecule has 0 radical (unpaired) electrons. The average molecular weight is 343 g/mol. The summed E-state index contributed by atoms with van der Waals surface area (Å²) in [4.78, 5) is 24.5. The van der Waals surface area contributed by atoms with Crippen molar-refractivity contribution >= 4 is 28.0 Å². The Labute approximate surface area is 142 Å². The van der Waals surface area contributed by atoms with Gasteiger partial charge in [0.15, 0.2) is 0 Å². The lowest BCUT2D eigenvalue weighted by Gasteiger charge is -2.12. The van der Waals surface area contributed by atoms with Crippen LogP contribution in [0.3, 0.4) is 0 Å². The number of nitrogens with zero attached hydrogens (tertiary/aromatic N) is 2. The van der Waals surface area contributed by atoms with E-state index in [4.69, 9.17) is 0 Å². The van der Waals surface area contributed by atoms with Gasteiger partial charge in [0.25, 0.3) is 5.56 Å². The van der Waals surface area contributed by atoms with Gasteiger partial charge in [-0.2, -0.15) is 16.4 Å². The summed E-state index contributed by atoms with van der Waals surface area (Å²) in [7, 11) is 0. The van der Waals surface area contributed by atoms with Gasteiger partial charge in [-0.1, -0.05) is 18.2 Å². The molecule has 2 N–H and O–H groups in total. The number of aromatic nitrogens is 2. The molecule has 124 valence electrons. The van der Waals surface area contributed by atoms with Crippen LogP contribution < -0.4 is 10.9 Å². The van der Waals surface area contributed by atoms with Crippen molar-refractivity contribution < 1.29 is 9.90 Å². The zero-order chi connectivity index (χ0) is 17.1. The molecule has 0 bridgehead atoms. The average Bonchev–Trinajstić information content (AvgIpc) is 3.12. The van der Waals surface area contributed by atoms with Crippen molar-refractivity contribution in [3.05, 3.63) is 62.7 Å². The van der Waals surface area contributed by atoms with E-state index in [1.165, 1.54) is 11.3 Å². The number of hydrogen-bond acceptors (Lipinski definition) is 5. The molecular weight excluding hydrogens is 326 g/mol. The van der Waals surface area contributed by atoms with Gasteiger partial charge in [-0.3, -0.25) is 9.59 Å².